The fourth-order valence-electron chi connectivity index (χ4n) is 1.19. The van der Waals surface area contributed by atoms with E-state index in [1.165, 1.54) is 6.07 Å². The van der Waals surface area contributed by atoms with Crippen LogP contribution in [0.15, 0.2) is 18.2 Å². The summed E-state index contributed by atoms with van der Waals surface area (Å²) in [5.74, 6) is 0.0763. The molecule has 1 rings (SSSR count). The summed E-state index contributed by atoms with van der Waals surface area (Å²) < 4.78 is 0. The highest BCUT2D eigenvalue weighted by Crippen LogP contribution is 2.21. The lowest BCUT2D eigenvalue weighted by atomic mass is 10.0. The molecule has 0 fully saturated rings. The maximum Gasteiger partial charge on any atom is 0.166 e. The summed E-state index contributed by atoms with van der Waals surface area (Å²) in [6.45, 7) is 3.61. The van der Waals surface area contributed by atoms with Crippen molar-refractivity contribution in [3.05, 3.63) is 29.3 Å². The van der Waals surface area contributed by atoms with Crippen molar-refractivity contribution in [1.29, 1.82) is 0 Å². The highest BCUT2D eigenvalue weighted by Gasteiger charge is 2.10. The molecule has 0 saturated carbocycles. The summed E-state index contributed by atoms with van der Waals surface area (Å²) in [6.07, 6.45) is 0.429. The topological polar surface area (TPSA) is 37.3 Å². The third-order valence-electron chi connectivity index (χ3n) is 1.85. The number of rotatable bonds is 2. The Morgan fingerprint density at radius 3 is 2.67 bits per heavy atom. The van der Waals surface area contributed by atoms with Gasteiger partial charge in [0.1, 0.15) is 5.75 Å². The molecule has 0 heterocycles. The van der Waals surface area contributed by atoms with Crippen LogP contribution in [0.1, 0.15) is 29.3 Å². The molecule has 1 N–H and O–H groups in total. The Kier molecular flexibility index (Phi) is 2.48. The van der Waals surface area contributed by atoms with Crippen molar-refractivity contribution in [1.82, 2.24) is 0 Å². The third kappa shape index (κ3) is 1.47. The lowest BCUT2D eigenvalue weighted by Crippen LogP contribution is -1.99. The van der Waals surface area contributed by atoms with E-state index >= 15 is 0 Å². The summed E-state index contributed by atoms with van der Waals surface area (Å²) in [6, 6.07) is 5.09. The molecule has 0 aromatic heterocycles. The Bertz CT molecular complexity index is 282. The van der Waals surface area contributed by atoms with Crippen molar-refractivity contribution in [2.75, 3.05) is 0 Å². The molecule has 0 aliphatic carbocycles. The smallest absolute Gasteiger partial charge is 0.166 e. The maximum atomic E-state index is 11.3. The van der Waals surface area contributed by atoms with Crippen LogP contribution in [-0.4, -0.2) is 10.9 Å². The van der Waals surface area contributed by atoms with Crippen LogP contribution in [0.4, 0.5) is 0 Å². The molecule has 0 aliphatic rings. The van der Waals surface area contributed by atoms with E-state index in [2.05, 4.69) is 0 Å². The second kappa shape index (κ2) is 3.39. The molecule has 0 spiro atoms. The Balaban J connectivity index is 3.21. The predicted octanol–water partition coefficient (Wildman–Crippen LogP) is 2.29. The first-order chi connectivity index (χ1) is 5.66. The number of carbonyl (C=O) groups excluding carboxylic acids is 1. The van der Waals surface area contributed by atoms with Crippen LogP contribution in [0, 0.1) is 6.92 Å². The van der Waals surface area contributed by atoms with Crippen LogP contribution in [-0.2, 0) is 0 Å². The molecule has 12 heavy (non-hydrogen) atoms. The van der Waals surface area contributed by atoms with Gasteiger partial charge in [-0.1, -0.05) is 19.1 Å². The first-order valence-electron chi connectivity index (χ1n) is 3.98. The standard InChI is InChI=1S/C10H12O2/c1-3-8(11)10-7(2)5-4-6-9(10)12/h4-6,12H,3H2,1-2H3. The largest absolute Gasteiger partial charge is 0.507 e. The van der Waals surface area contributed by atoms with Crippen molar-refractivity contribution in [2.24, 2.45) is 0 Å². The molecule has 0 bridgehead atoms. The van der Waals surface area contributed by atoms with Gasteiger partial charge in [-0.25, -0.2) is 0 Å². The minimum Gasteiger partial charge on any atom is -0.507 e. The van der Waals surface area contributed by atoms with E-state index in [4.69, 9.17) is 0 Å². The van der Waals surface area contributed by atoms with Crippen molar-refractivity contribution in [3.8, 4) is 5.75 Å². The summed E-state index contributed by atoms with van der Waals surface area (Å²) in [4.78, 5) is 11.3. The number of ketones is 1. The first kappa shape index (κ1) is 8.78. The minimum atomic E-state index is -0.00870. The normalized spacial score (nSPS) is 9.83. The zero-order valence-corrected chi connectivity index (χ0v) is 7.29. The van der Waals surface area contributed by atoms with Gasteiger partial charge in [-0.3, -0.25) is 4.79 Å². The van der Waals surface area contributed by atoms with Gasteiger partial charge in [0.15, 0.2) is 5.78 Å². The van der Waals surface area contributed by atoms with Gasteiger partial charge in [-0.2, -0.15) is 0 Å². The molecule has 0 atom stereocenters. The second-order valence-corrected chi connectivity index (χ2v) is 2.75. The fraction of sp³-hybridized carbons (Fsp3) is 0.300. The number of aromatic hydroxyl groups is 1. The van der Waals surface area contributed by atoms with Gasteiger partial charge in [0.25, 0.3) is 0 Å². The van der Waals surface area contributed by atoms with E-state index in [9.17, 15) is 9.90 Å². The van der Waals surface area contributed by atoms with E-state index in [-0.39, 0.29) is 11.5 Å². The first-order valence-corrected chi connectivity index (χ1v) is 3.98. The van der Waals surface area contributed by atoms with Crippen LogP contribution in [0.3, 0.4) is 0 Å². The Morgan fingerprint density at radius 2 is 2.17 bits per heavy atom. The number of benzene rings is 1. The van der Waals surface area contributed by atoms with Crippen LogP contribution >= 0.6 is 0 Å². The quantitative estimate of drug-likeness (QED) is 0.681. The summed E-state index contributed by atoms with van der Waals surface area (Å²) in [7, 11) is 0. The van der Waals surface area contributed by atoms with Crippen molar-refractivity contribution in [3.63, 3.8) is 0 Å². The van der Waals surface area contributed by atoms with Crippen molar-refractivity contribution in [2.45, 2.75) is 20.3 Å². The van der Waals surface area contributed by atoms with E-state index in [1.807, 2.05) is 13.0 Å². The van der Waals surface area contributed by atoms with Gasteiger partial charge >= 0.3 is 0 Å². The highest BCUT2D eigenvalue weighted by atomic mass is 16.3. The van der Waals surface area contributed by atoms with Gasteiger partial charge < -0.3 is 5.11 Å². The number of phenolic OH excluding ortho intramolecular Hbond substituents is 1. The van der Waals surface area contributed by atoms with Crippen molar-refractivity contribution < 1.29 is 9.90 Å². The van der Waals surface area contributed by atoms with Crippen LogP contribution in [0.5, 0.6) is 5.75 Å². The molecular formula is C10H12O2. The minimum absolute atomic E-state index is 0.00870. The van der Waals surface area contributed by atoms with Crippen LogP contribution < -0.4 is 0 Å². The molecule has 1 aromatic carbocycles. The average molecular weight is 164 g/mol. The lowest BCUT2D eigenvalue weighted by Gasteiger charge is -2.04. The highest BCUT2D eigenvalue weighted by molar-refractivity contribution is 5.99. The Labute approximate surface area is 71.8 Å². The lowest BCUT2D eigenvalue weighted by molar-refractivity contribution is 0.0985. The van der Waals surface area contributed by atoms with Gasteiger partial charge in [-0.15, -0.1) is 0 Å². The number of phenols is 1. The maximum absolute atomic E-state index is 11.3. The number of aryl methyl sites for hydroxylation is 1. The monoisotopic (exact) mass is 164 g/mol. The van der Waals surface area contributed by atoms with E-state index < -0.39 is 0 Å². The molecule has 2 nitrogen and oxygen atoms in total. The number of Topliss-reactive ketones (excluding diaryl/α,β-unsaturated/α-hetero) is 1. The summed E-state index contributed by atoms with van der Waals surface area (Å²) >= 11 is 0. The third-order valence-corrected chi connectivity index (χ3v) is 1.85. The van der Waals surface area contributed by atoms with Gasteiger partial charge in [0, 0.05) is 6.42 Å². The van der Waals surface area contributed by atoms with Crippen LogP contribution in [0.25, 0.3) is 0 Å². The molecule has 64 valence electrons. The number of carbonyl (C=O) groups is 1. The summed E-state index contributed by atoms with van der Waals surface area (Å²) in [5, 5.41) is 9.37. The molecule has 0 amide bonds. The molecule has 0 saturated heterocycles. The zero-order valence-electron chi connectivity index (χ0n) is 7.29. The number of hydrogen-bond donors (Lipinski definition) is 1. The second-order valence-electron chi connectivity index (χ2n) is 2.75. The van der Waals surface area contributed by atoms with E-state index in [0.29, 0.717) is 12.0 Å². The molecule has 0 radical (unpaired) electrons. The molecular weight excluding hydrogens is 152 g/mol. The van der Waals surface area contributed by atoms with Crippen LogP contribution in [0.2, 0.25) is 0 Å². The number of hydrogen-bond acceptors (Lipinski definition) is 2. The van der Waals surface area contributed by atoms with Gasteiger partial charge in [-0.05, 0) is 18.6 Å². The summed E-state index contributed by atoms with van der Waals surface area (Å²) in [5.41, 5.74) is 1.29. The zero-order chi connectivity index (χ0) is 9.14. The fourth-order valence-corrected chi connectivity index (χ4v) is 1.19. The van der Waals surface area contributed by atoms with E-state index in [1.54, 1.807) is 13.0 Å². The van der Waals surface area contributed by atoms with Gasteiger partial charge in [0.05, 0.1) is 5.56 Å². The Hall–Kier alpha value is -1.31. The van der Waals surface area contributed by atoms with E-state index in [0.717, 1.165) is 5.56 Å². The van der Waals surface area contributed by atoms with Gasteiger partial charge in [0.2, 0.25) is 0 Å². The SMILES string of the molecule is CCC(=O)c1c(C)cccc1O. The molecule has 2 heteroatoms. The molecule has 0 unspecified atom stereocenters. The Morgan fingerprint density at radius 1 is 1.50 bits per heavy atom. The predicted molar refractivity (Wildman–Crippen MR) is 47.5 cm³/mol. The molecule has 1 aromatic rings. The molecule has 0 aliphatic heterocycles. The van der Waals surface area contributed by atoms with Crippen molar-refractivity contribution >= 4 is 5.78 Å². The average Bonchev–Trinajstić information content (AvgIpc) is 2.03.